The lowest BCUT2D eigenvalue weighted by atomic mass is 9.91. The zero-order valence-corrected chi connectivity index (χ0v) is 14.0. The summed E-state index contributed by atoms with van der Waals surface area (Å²) < 4.78 is 28.4. The van der Waals surface area contributed by atoms with Gasteiger partial charge >= 0.3 is 0 Å². The monoisotopic (exact) mass is 340 g/mol. The van der Waals surface area contributed by atoms with Gasteiger partial charge < -0.3 is 0 Å². The third-order valence-corrected chi connectivity index (χ3v) is 5.20. The normalized spacial score (nSPS) is 20.9. The largest absolute Gasteiger partial charge is 0.279 e. The van der Waals surface area contributed by atoms with Crippen molar-refractivity contribution < 1.29 is 8.42 Å². The number of piperidine rings is 1. The molecule has 0 aromatic heterocycles. The predicted octanol–water partition coefficient (Wildman–Crippen LogP) is 2.51. The van der Waals surface area contributed by atoms with Gasteiger partial charge in [0.1, 0.15) is 0 Å². The van der Waals surface area contributed by atoms with Gasteiger partial charge in [0.15, 0.2) is 0 Å². The van der Waals surface area contributed by atoms with Crippen molar-refractivity contribution in [3.05, 3.63) is 0 Å². The highest BCUT2D eigenvalue weighted by Gasteiger charge is 2.25. The average molecular weight is 341 g/mol. The highest BCUT2D eigenvalue weighted by molar-refractivity contribution is 9.09. The molecule has 1 atom stereocenters. The van der Waals surface area contributed by atoms with Gasteiger partial charge in [-0.1, -0.05) is 43.1 Å². The van der Waals surface area contributed by atoms with E-state index >= 15 is 0 Å². The number of alkyl halides is 1. The van der Waals surface area contributed by atoms with E-state index in [-0.39, 0.29) is 10.2 Å². The Morgan fingerprint density at radius 3 is 2.28 bits per heavy atom. The van der Waals surface area contributed by atoms with Crippen molar-refractivity contribution in [2.75, 3.05) is 19.6 Å². The second kappa shape index (κ2) is 6.68. The van der Waals surface area contributed by atoms with Gasteiger partial charge in [-0.2, -0.15) is 12.7 Å². The highest BCUT2D eigenvalue weighted by Crippen LogP contribution is 2.24. The third-order valence-electron chi connectivity index (χ3n) is 2.98. The van der Waals surface area contributed by atoms with Crippen LogP contribution in [-0.4, -0.2) is 37.2 Å². The lowest BCUT2D eigenvalue weighted by Gasteiger charge is -2.27. The molecule has 0 aliphatic carbocycles. The molecule has 1 aliphatic rings. The van der Waals surface area contributed by atoms with Gasteiger partial charge in [-0.05, 0) is 24.7 Å². The highest BCUT2D eigenvalue weighted by atomic mass is 79.9. The molecule has 0 spiro atoms. The molecule has 0 bridgehead atoms. The average Bonchev–Trinajstić information content (AvgIpc) is 2.26. The summed E-state index contributed by atoms with van der Waals surface area (Å²) >= 11 is 3.54. The molecule has 6 heteroatoms. The van der Waals surface area contributed by atoms with Crippen molar-refractivity contribution in [2.45, 2.75) is 51.3 Å². The molecule has 0 aromatic rings. The smallest absolute Gasteiger partial charge is 0.201 e. The molecule has 4 nitrogen and oxygen atoms in total. The molecular weight excluding hydrogens is 316 g/mol. The zero-order valence-electron chi connectivity index (χ0n) is 11.6. The van der Waals surface area contributed by atoms with Crippen molar-refractivity contribution in [3.63, 3.8) is 0 Å². The van der Waals surface area contributed by atoms with Crippen LogP contribution in [-0.2, 0) is 10.2 Å². The first-order valence-electron chi connectivity index (χ1n) is 6.59. The maximum Gasteiger partial charge on any atom is 0.279 e. The van der Waals surface area contributed by atoms with Crippen molar-refractivity contribution in [1.29, 1.82) is 0 Å². The number of halogens is 1. The van der Waals surface area contributed by atoms with Gasteiger partial charge in [0, 0.05) is 24.5 Å². The Balaban J connectivity index is 2.41. The number of hydrogen-bond acceptors (Lipinski definition) is 2. The molecule has 1 unspecified atom stereocenters. The first kappa shape index (κ1) is 16.4. The summed E-state index contributed by atoms with van der Waals surface area (Å²) in [7, 11) is -3.28. The predicted molar refractivity (Wildman–Crippen MR) is 79.1 cm³/mol. The summed E-state index contributed by atoms with van der Waals surface area (Å²) in [6.07, 6.45) is 4.02. The van der Waals surface area contributed by atoms with Crippen LogP contribution in [0.2, 0.25) is 0 Å². The Hall–Kier alpha value is 0.350. The summed E-state index contributed by atoms with van der Waals surface area (Å²) in [5.41, 5.74) is 0.199. The zero-order chi connectivity index (χ0) is 13.8. The molecule has 0 radical (unpaired) electrons. The van der Waals surface area contributed by atoms with Gasteiger partial charge in [-0.15, -0.1) is 0 Å². The van der Waals surface area contributed by atoms with Gasteiger partial charge in [0.25, 0.3) is 10.2 Å². The number of rotatable bonds is 5. The Labute approximate surface area is 120 Å². The molecule has 1 saturated heterocycles. The fourth-order valence-electron chi connectivity index (χ4n) is 2.13. The van der Waals surface area contributed by atoms with E-state index in [1.807, 2.05) is 0 Å². The lowest BCUT2D eigenvalue weighted by molar-refractivity contribution is 0.339. The van der Waals surface area contributed by atoms with Crippen molar-refractivity contribution >= 4 is 26.1 Å². The van der Waals surface area contributed by atoms with Crippen LogP contribution in [0.1, 0.15) is 46.5 Å². The van der Waals surface area contributed by atoms with Crippen LogP contribution in [0.15, 0.2) is 0 Å². The molecule has 1 fully saturated rings. The Kier molecular flexibility index (Phi) is 6.09. The van der Waals surface area contributed by atoms with Crippen LogP contribution in [0.4, 0.5) is 0 Å². The van der Waals surface area contributed by atoms with E-state index in [2.05, 4.69) is 41.4 Å². The van der Waals surface area contributed by atoms with E-state index in [0.717, 1.165) is 25.7 Å². The number of hydrogen-bond donors (Lipinski definition) is 1. The van der Waals surface area contributed by atoms with Crippen LogP contribution in [0.3, 0.4) is 0 Å². The van der Waals surface area contributed by atoms with Crippen LogP contribution in [0, 0.1) is 5.41 Å². The number of nitrogens with zero attached hydrogens (tertiary/aromatic N) is 1. The molecule has 0 amide bonds. The topological polar surface area (TPSA) is 49.4 Å². The van der Waals surface area contributed by atoms with E-state index in [4.69, 9.17) is 0 Å². The summed E-state index contributed by atoms with van der Waals surface area (Å²) in [6, 6.07) is 0. The molecule has 0 aromatic carbocycles. The Morgan fingerprint density at radius 1 is 1.22 bits per heavy atom. The van der Waals surface area contributed by atoms with Gasteiger partial charge in [-0.3, -0.25) is 0 Å². The third kappa shape index (κ3) is 5.99. The molecule has 1 aliphatic heterocycles. The van der Waals surface area contributed by atoms with E-state index in [0.29, 0.717) is 19.6 Å². The van der Waals surface area contributed by atoms with Crippen LogP contribution in [0.5, 0.6) is 0 Å². The van der Waals surface area contributed by atoms with E-state index in [9.17, 15) is 8.42 Å². The van der Waals surface area contributed by atoms with E-state index < -0.39 is 10.2 Å². The minimum absolute atomic E-state index is 0.178. The SMILES string of the molecule is CC(C)(C)CC(Br)CNS(=O)(=O)N1CCCCC1. The van der Waals surface area contributed by atoms with E-state index in [1.54, 1.807) is 4.31 Å². The Morgan fingerprint density at radius 2 is 1.78 bits per heavy atom. The fourth-order valence-corrected chi connectivity index (χ4v) is 4.81. The van der Waals surface area contributed by atoms with Crippen LogP contribution < -0.4 is 4.72 Å². The lowest BCUT2D eigenvalue weighted by Crippen LogP contribution is -2.45. The van der Waals surface area contributed by atoms with Crippen molar-refractivity contribution in [1.82, 2.24) is 9.03 Å². The molecule has 1 heterocycles. The van der Waals surface area contributed by atoms with Crippen molar-refractivity contribution in [3.8, 4) is 0 Å². The summed E-state index contributed by atoms with van der Waals surface area (Å²) in [4.78, 5) is 0.178. The van der Waals surface area contributed by atoms with Gasteiger partial charge in [0.05, 0.1) is 0 Å². The van der Waals surface area contributed by atoms with Gasteiger partial charge in [0.2, 0.25) is 0 Å². The molecule has 1 N–H and O–H groups in total. The maximum absolute atomic E-state index is 12.0. The number of nitrogens with one attached hydrogen (secondary N) is 1. The second-order valence-corrected chi connectivity index (χ2v) is 9.23. The Bertz CT molecular complexity index is 346. The van der Waals surface area contributed by atoms with Crippen LogP contribution >= 0.6 is 15.9 Å². The van der Waals surface area contributed by atoms with E-state index in [1.165, 1.54) is 0 Å². The standard InChI is InChI=1S/C12H25BrN2O2S/c1-12(2,3)9-11(13)10-14-18(16,17)15-7-5-4-6-8-15/h11,14H,4-10H2,1-3H3. The molecular formula is C12H25BrN2O2S. The summed E-state index contributed by atoms with van der Waals surface area (Å²) in [6.45, 7) is 8.22. The minimum Gasteiger partial charge on any atom is -0.201 e. The summed E-state index contributed by atoms with van der Waals surface area (Å²) in [5, 5.41) is 0. The molecule has 0 saturated carbocycles. The quantitative estimate of drug-likeness (QED) is 0.781. The molecule has 18 heavy (non-hydrogen) atoms. The van der Waals surface area contributed by atoms with Crippen molar-refractivity contribution in [2.24, 2.45) is 5.41 Å². The second-order valence-electron chi connectivity index (χ2n) is 6.18. The first-order chi connectivity index (χ1) is 8.21. The fraction of sp³-hybridized carbons (Fsp3) is 1.00. The molecule has 1 rings (SSSR count). The molecule has 108 valence electrons. The maximum atomic E-state index is 12.0. The summed E-state index contributed by atoms with van der Waals surface area (Å²) in [5.74, 6) is 0. The van der Waals surface area contributed by atoms with Gasteiger partial charge in [-0.25, -0.2) is 4.72 Å². The first-order valence-corrected chi connectivity index (χ1v) is 8.95. The minimum atomic E-state index is -3.28. The van der Waals surface area contributed by atoms with Crippen LogP contribution in [0.25, 0.3) is 0 Å².